The Morgan fingerprint density at radius 3 is 0.794 bits per heavy atom. The first-order valence-corrected chi connectivity index (χ1v) is 23.3. The minimum atomic E-state index is 0.0489. The zero-order chi connectivity index (χ0) is 45.0. The molecule has 0 fully saturated rings. The molecule has 4 heteroatoms. The zero-order valence-electron chi connectivity index (χ0n) is 37.0. The average Bonchev–Trinajstić information content (AvgIpc) is 3.43. The minimum Gasteiger partial charge on any atom is -0.228 e. The van der Waals surface area contributed by atoms with Crippen molar-refractivity contribution in [2.45, 2.75) is 11.8 Å². The van der Waals surface area contributed by atoms with E-state index >= 15 is 0 Å². The highest BCUT2D eigenvalue weighted by atomic mass is 14.9. The van der Waals surface area contributed by atoms with E-state index in [-0.39, 0.29) is 11.8 Å². The first-order chi connectivity index (χ1) is 33.7. The van der Waals surface area contributed by atoms with Crippen LogP contribution in [0.15, 0.2) is 243 Å². The maximum atomic E-state index is 5.30. The third-order valence-electron chi connectivity index (χ3n) is 13.7. The average molecular weight is 867 g/mol. The van der Waals surface area contributed by atoms with Gasteiger partial charge in [-0.2, -0.15) is 0 Å². The van der Waals surface area contributed by atoms with Gasteiger partial charge in [0.2, 0.25) is 0 Å². The van der Waals surface area contributed by atoms with Gasteiger partial charge in [0.05, 0.1) is 22.8 Å². The SMILES string of the molecule is c1ccc(-c2ccc(-c3cc(-c4ccccc4)nc(-c4ccc5c(c4)C4c6ccccc6C5c5cc(-c6nc(-c7ccccc7)cc(-c7ccc(-c8ccccc8)cc7)n6)ccc54)n3)cc2)cc1. The molecule has 0 spiro atoms. The molecule has 2 atom stereocenters. The zero-order valence-corrected chi connectivity index (χ0v) is 37.0. The van der Waals surface area contributed by atoms with Gasteiger partial charge in [0, 0.05) is 45.2 Å². The van der Waals surface area contributed by atoms with E-state index in [1.807, 2.05) is 12.1 Å². The second-order valence-electron chi connectivity index (χ2n) is 17.7. The van der Waals surface area contributed by atoms with Gasteiger partial charge in [0.1, 0.15) is 0 Å². The molecule has 0 amide bonds. The van der Waals surface area contributed by atoms with Crippen molar-refractivity contribution in [3.8, 4) is 90.1 Å². The molecule has 14 rings (SSSR count). The fourth-order valence-corrected chi connectivity index (χ4v) is 10.4. The summed E-state index contributed by atoms with van der Waals surface area (Å²) in [7, 11) is 0. The Morgan fingerprint density at radius 2 is 0.441 bits per heavy atom. The number of rotatable bonds is 8. The van der Waals surface area contributed by atoms with Crippen molar-refractivity contribution in [3.63, 3.8) is 0 Å². The molecule has 2 aromatic heterocycles. The van der Waals surface area contributed by atoms with E-state index in [0.29, 0.717) is 11.6 Å². The lowest BCUT2D eigenvalue weighted by atomic mass is 9.61. The van der Waals surface area contributed by atoms with Crippen molar-refractivity contribution in [2.24, 2.45) is 0 Å². The van der Waals surface area contributed by atoms with Crippen LogP contribution in [-0.2, 0) is 0 Å². The van der Waals surface area contributed by atoms with Crippen LogP contribution in [0, 0.1) is 0 Å². The highest BCUT2D eigenvalue weighted by Crippen LogP contribution is 2.56. The predicted octanol–water partition coefficient (Wildman–Crippen LogP) is 15.6. The summed E-state index contributed by atoms with van der Waals surface area (Å²) >= 11 is 0. The van der Waals surface area contributed by atoms with E-state index in [0.717, 1.165) is 56.2 Å². The van der Waals surface area contributed by atoms with Crippen molar-refractivity contribution >= 4 is 0 Å². The normalized spacial score (nSPS) is 14.2. The molecule has 3 aliphatic carbocycles. The number of benzene rings is 9. The summed E-state index contributed by atoms with van der Waals surface area (Å²) in [5, 5.41) is 0. The van der Waals surface area contributed by atoms with Crippen molar-refractivity contribution in [1.82, 2.24) is 19.9 Å². The van der Waals surface area contributed by atoms with Crippen molar-refractivity contribution in [3.05, 3.63) is 276 Å². The van der Waals surface area contributed by atoms with Crippen LogP contribution < -0.4 is 0 Å². The summed E-state index contributed by atoms with van der Waals surface area (Å²) in [5.74, 6) is 1.52. The lowest BCUT2D eigenvalue weighted by molar-refractivity contribution is 0.754. The standard InChI is InChI=1S/C64H42N4/c1-5-15-41(16-6-1)43-25-29-47(30-26-43)59-39-57(45-19-9-3-10-20-45)65-63(67-59)49-33-35-53-55(37-49)61-51-23-13-14-24-52(51)62(53)56-38-50(34-36-54(56)61)64-66-58(46-21-11-4-12-22-46)40-60(68-64)48-31-27-44(28-32-48)42-17-7-2-8-18-42/h1-40,61-62H. The van der Waals surface area contributed by atoms with Gasteiger partial charge < -0.3 is 0 Å². The van der Waals surface area contributed by atoms with Crippen LogP contribution in [0.4, 0.5) is 0 Å². The molecular formula is C64H42N4. The maximum absolute atomic E-state index is 5.30. The fraction of sp³-hybridized carbons (Fsp3) is 0.0312. The Morgan fingerprint density at radius 1 is 0.191 bits per heavy atom. The Hall–Kier alpha value is -8.86. The van der Waals surface area contributed by atoms with E-state index in [1.165, 1.54) is 55.6 Å². The molecule has 318 valence electrons. The summed E-state index contributed by atoms with van der Waals surface area (Å²) < 4.78 is 0. The number of hydrogen-bond acceptors (Lipinski definition) is 4. The number of aromatic nitrogens is 4. The van der Waals surface area contributed by atoms with Gasteiger partial charge in [-0.05, 0) is 79.9 Å². The highest BCUT2D eigenvalue weighted by Gasteiger charge is 2.41. The van der Waals surface area contributed by atoms with Crippen molar-refractivity contribution in [2.75, 3.05) is 0 Å². The predicted molar refractivity (Wildman–Crippen MR) is 276 cm³/mol. The first-order valence-electron chi connectivity index (χ1n) is 23.3. The second-order valence-corrected chi connectivity index (χ2v) is 17.7. The van der Waals surface area contributed by atoms with E-state index in [9.17, 15) is 0 Å². The van der Waals surface area contributed by atoms with Gasteiger partial charge in [0.15, 0.2) is 11.6 Å². The molecule has 9 aromatic carbocycles. The van der Waals surface area contributed by atoms with Crippen LogP contribution in [0.2, 0.25) is 0 Å². The van der Waals surface area contributed by atoms with E-state index < -0.39 is 0 Å². The molecule has 2 unspecified atom stereocenters. The Bertz CT molecular complexity index is 3400. The molecule has 68 heavy (non-hydrogen) atoms. The second kappa shape index (κ2) is 16.5. The molecule has 2 bridgehead atoms. The summed E-state index contributed by atoms with van der Waals surface area (Å²) in [4.78, 5) is 21.1. The summed E-state index contributed by atoms with van der Waals surface area (Å²) in [6, 6.07) is 86.2. The van der Waals surface area contributed by atoms with Gasteiger partial charge in [-0.25, -0.2) is 19.9 Å². The smallest absolute Gasteiger partial charge is 0.160 e. The fourth-order valence-electron chi connectivity index (χ4n) is 10.4. The summed E-state index contributed by atoms with van der Waals surface area (Å²) in [5.41, 5.74) is 22.5. The van der Waals surface area contributed by atoms with Crippen molar-refractivity contribution < 1.29 is 0 Å². The van der Waals surface area contributed by atoms with Gasteiger partial charge in [-0.3, -0.25) is 0 Å². The molecule has 4 nitrogen and oxygen atoms in total. The first kappa shape index (κ1) is 39.5. The third kappa shape index (κ3) is 7.02. The quantitative estimate of drug-likeness (QED) is 0.153. The largest absolute Gasteiger partial charge is 0.228 e. The molecule has 0 aliphatic heterocycles. The van der Waals surface area contributed by atoms with E-state index in [2.05, 4.69) is 231 Å². The summed E-state index contributed by atoms with van der Waals surface area (Å²) in [6.07, 6.45) is 0. The van der Waals surface area contributed by atoms with Gasteiger partial charge >= 0.3 is 0 Å². The number of nitrogens with zero attached hydrogens (tertiary/aromatic N) is 4. The minimum absolute atomic E-state index is 0.0489. The Labute approximate surface area is 396 Å². The topological polar surface area (TPSA) is 51.6 Å². The lowest BCUT2D eigenvalue weighted by Gasteiger charge is -2.42. The van der Waals surface area contributed by atoms with Crippen LogP contribution in [-0.4, -0.2) is 19.9 Å². The van der Waals surface area contributed by atoms with Crippen LogP contribution in [0.1, 0.15) is 45.2 Å². The molecule has 2 heterocycles. The number of hydrogen-bond donors (Lipinski definition) is 0. The van der Waals surface area contributed by atoms with Gasteiger partial charge in [-0.1, -0.05) is 218 Å². The monoisotopic (exact) mass is 866 g/mol. The van der Waals surface area contributed by atoms with Gasteiger partial charge in [-0.15, -0.1) is 0 Å². The third-order valence-corrected chi connectivity index (χ3v) is 13.7. The lowest BCUT2D eigenvalue weighted by Crippen LogP contribution is -2.27. The molecule has 0 radical (unpaired) electrons. The Kier molecular flexibility index (Phi) is 9.61. The van der Waals surface area contributed by atoms with E-state index in [1.54, 1.807) is 0 Å². The molecule has 0 saturated carbocycles. The highest BCUT2D eigenvalue weighted by molar-refractivity contribution is 5.79. The molecular weight excluding hydrogens is 825 g/mol. The van der Waals surface area contributed by atoms with Gasteiger partial charge in [0.25, 0.3) is 0 Å². The van der Waals surface area contributed by atoms with Crippen LogP contribution in [0.25, 0.3) is 90.1 Å². The Balaban J connectivity index is 0.902. The van der Waals surface area contributed by atoms with Crippen LogP contribution >= 0.6 is 0 Å². The molecule has 0 saturated heterocycles. The van der Waals surface area contributed by atoms with Crippen molar-refractivity contribution in [1.29, 1.82) is 0 Å². The summed E-state index contributed by atoms with van der Waals surface area (Å²) in [6.45, 7) is 0. The molecule has 11 aromatic rings. The maximum Gasteiger partial charge on any atom is 0.160 e. The van der Waals surface area contributed by atoms with Crippen LogP contribution in [0.5, 0.6) is 0 Å². The van der Waals surface area contributed by atoms with E-state index in [4.69, 9.17) is 19.9 Å². The molecule has 0 N–H and O–H groups in total. The van der Waals surface area contributed by atoms with Crippen LogP contribution in [0.3, 0.4) is 0 Å². The molecule has 3 aliphatic rings.